The summed E-state index contributed by atoms with van der Waals surface area (Å²) in [5.74, 6) is -1.29. The summed E-state index contributed by atoms with van der Waals surface area (Å²) in [5.41, 5.74) is -2.55. The molecule has 1 fully saturated rings. The van der Waals surface area contributed by atoms with Crippen LogP contribution in [0, 0.1) is 0 Å². The Balaban J connectivity index is 2.14. The number of methoxy groups -OCH3 is 1. The summed E-state index contributed by atoms with van der Waals surface area (Å²) in [6.45, 7) is 9.88. The molecule has 2 aromatic rings. The molecule has 2 atom stereocenters. The van der Waals surface area contributed by atoms with Crippen LogP contribution in [-0.4, -0.2) is 46.0 Å². The second-order valence-electron chi connectivity index (χ2n) is 10.9. The summed E-state index contributed by atoms with van der Waals surface area (Å²) in [5, 5.41) is 0. The monoisotopic (exact) mass is 577 g/mol. The Labute approximate surface area is 224 Å². The van der Waals surface area contributed by atoms with E-state index in [0.29, 0.717) is 16.9 Å². The van der Waals surface area contributed by atoms with Crippen LogP contribution in [-0.2, 0) is 31.5 Å². The van der Waals surface area contributed by atoms with Crippen molar-refractivity contribution in [3.63, 3.8) is 0 Å². The van der Waals surface area contributed by atoms with Crippen molar-refractivity contribution >= 4 is 40.0 Å². The molecule has 0 radical (unpaired) electrons. The van der Waals surface area contributed by atoms with Gasteiger partial charge in [0, 0.05) is 23.5 Å². The summed E-state index contributed by atoms with van der Waals surface area (Å²) in [6, 6.07) is 8.54. The van der Waals surface area contributed by atoms with Gasteiger partial charge in [-0.1, -0.05) is 28.1 Å². The highest BCUT2D eigenvalue weighted by Crippen LogP contribution is 2.61. The number of carbonyl (C=O) groups excluding carboxylic acids is 3. The van der Waals surface area contributed by atoms with Gasteiger partial charge in [0.15, 0.2) is 0 Å². The summed E-state index contributed by atoms with van der Waals surface area (Å²) in [7, 11) is 2.68. The molecule has 1 aromatic carbocycles. The van der Waals surface area contributed by atoms with Crippen molar-refractivity contribution in [2.75, 3.05) is 12.0 Å². The molecule has 0 unspecified atom stereocenters. The fourth-order valence-electron chi connectivity index (χ4n) is 4.01. The summed E-state index contributed by atoms with van der Waals surface area (Å²) in [4.78, 5) is 57.4. The van der Waals surface area contributed by atoms with Gasteiger partial charge in [-0.3, -0.25) is 14.2 Å². The maximum Gasteiger partial charge on any atom is 0.427 e. The van der Waals surface area contributed by atoms with Crippen LogP contribution in [0.1, 0.15) is 65.1 Å². The maximum atomic E-state index is 13.2. The molecule has 3 rings (SSSR count). The fourth-order valence-corrected chi connectivity index (χ4v) is 4.41. The Hall–Kier alpha value is -3.21. The molecular formula is C26H32BrN3O7. The van der Waals surface area contributed by atoms with Gasteiger partial charge < -0.3 is 14.2 Å². The van der Waals surface area contributed by atoms with Crippen molar-refractivity contribution in [1.29, 1.82) is 0 Å². The van der Waals surface area contributed by atoms with Crippen molar-refractivity contribution in [2.45, 2.75) is 70.5 Å². The largest absolute Gasteiger partial charge is 0.468 e. The standard InChI is InChI=1S/C26H32BrN3O7/c1-24(2,3)36-22(33)30(23(34)37-25(4,5)6)21-28-18(13-19(31)29(21)7)17-14-26(17,20(32)35-8)15-10-9-11-16(27)12-15/h9-13,17H,14H2,1-8H3/t17-,26+/m1/s1. The number of anilines is 1. The lowest BCUT2D eigenvalue weighted by molar-refractivity contribution is -0.143. The summed E-state index contributed by atoms with van der Waals surface area (Å²) >= 11 is 3.43. The van der Waals surface area contributed by atoms with E-state index in [1.807, 2.05) is 12.1 Å². The number of carbonyl (C=O) groups is 3. The first-order valence-electron chi connectivity index (χ1n) is 11.7. The zero-order valence-corrected chi connectivity index (χ0v) is 23.8. The molecule has 1 heterocycles. The molecule has 0 saturated heterocycles. The highest BCUT2D eigenvalue weighted by atomic mass is 79.9. The van der Waals surface area contributed by atoms with Crippen LogP contribution in [0.5, 0.6) is 0 Å². The van der Waals surface area contributed by atoms with Crippen LogP contribution in [0.4, 0.5) is 15.5 Å². The van der Waals surface area contributed by atoms with Crippen LogP contribution >= 0.6 is 15.9 Å². The lowest BCUT2D eigenvalue weighted by atomic mass is 9.92. The van der Waals surface area contributed by atoms with Gasteiger partial charge in [-0.15, -0.1) is 4.90 Å². The SMILES string of the molecule is COC(=O)[C@]1(c2cccc(Br)c2)C[C@@H]1c1cc(=O)n(C)c(N(C(=O)OC(C)(C)C)C(=O)OC(C)(C)C)n1. The van der Waals surface area contributed by atoms with Crippen molar-refractivity contribution < 1.29 is 28.6 Å². The second kappa shape index (κ2) is 9.92. The molecule has 1 aliphatic rings. The van der Waals surface area contributed by atoms with Gasteiger partial charge in [-0.05, 0) is 65.7 Å². The Morgan fingerprint density at radius 3 is 2.11 bits per heavy atom. The number of esters is 1. The van der Waals surface area contributed by atoms with Crippen LogP contribution in [0.15, 0.2) is 39.6 Å². The molecule has 0 N–H and O–H groups in total. The minimum Gasteiger partial charge on any atom is -0.468 e. The Morgan fingerprint density at radius 1 is 1.05 bits per heavy atom. The van der Waals surface area contributed by atoms with Crippen molar-refractivity contribution in [2.24, 2.45) is 7.05 Å². The molecule has 10 nitrogen and oxygen atoms in total. The van der Waals surface area contributed by atoms with E-state index in [2.05, 4.69) is 20.9 Å². The molecule has 2 amide bonds. The van der Waals surface area contributed by atoms with E-state index in [4.69, 9.17) is 14.2 Å². The lowest BCUT2D eigenvalue weighted by Crippen LogP contribution is -2.46. The zero-order valence-electron chi connectivity index (χ0n) is 22.2. The summed E-state index contributed by atoms with van der Waals surface area (Å²) in [6.07, 6.45) is -1.78. The maximum absolute atomic E-state index is 13.2. The van der Waals surface area contributed by atoms with Crippen LogP contribution < -0.4 is 10.5 Å². The number of amides is 2. The molecule has 1 saturated carbocycles. The minimum absolute atomic E-state index is 0.237. The highest BCUT2D eigenvalue weighted by Gasteiger charge is 2.63. The molecule has 200 valence electrons. The molecule has 0 bridgehead atoms. The number of ether oxygens (including phenoxy) is 3. The predicted octanol–water partition coefficient (Wildman–Crippen LogP) is 4.82. The number of imide groups is 1. The van der Waals surface area contributed by atoms with E-state index in [1.54, 1.807) is 53.7 Å². The van der Waals surface area contributed by atoms with Crippen molar-refractivity contribution in [3.05, 3.63) is 56.4 Å². The molecule has 11 heteroatoms. The Morgan fingerprint density at radius 2 is 1.62 bits per heavy atom. The highest BCUT2D eigenvalue weighted by molar-refractivity contribution is 9.10. The number of hydrogen-bond acceptors (Lipinski definition) is 8. The van der Waals surface area contributed by atoms with E-state index in [0.717, 1.165) is 9.04 Å². The van der Waals surface area contributed by atoms with Gasteiger partial charge in [0.2, 0.25) is 5.95 Å². The summed E-state index contributed by atoms with van der Waals surface area (Å²) < 4.78 is 17.8. The van der Waals surface area contributed by atoms with E-state index in [-0.39, 0.29) is 11.6 Å². The van der Waals surface area contributed by atoms with Crippen LogP contribution in [0.3, 0.4) is 0 Å². The van der Waals surface area contributed by atoms with Gasteiger partial charge >= 0.3 is 18.2 Å². The van der Waals surface area contributed by atoms with E-state index in [1.165, 1.54) is 20.2 Å². The quantitative estimate of drug-likeness (QED) is 0.375. The zero-order chi connectivity index (χ0) is 27.9. The second-order valence-corrected chi connectivity index (χ2v) is 11.8. The Kier molecular flexibility index (Phi) is 7.61. The van der Waals surface area contributed by atoms with Gasteiger partial charge in [-0.2, -0.15) is 0 Å². The molecular weight excluding hydrogens is 546 g/mol. The number of halogens is 1. The average Bonchev–Trinajstić information content (AvgIpc) is 3.50. The third-order valence-electron chi connectivity index (χ3n) is 5.69. The molecule has 0 spiro atoms. The number of benzene rings is 1. The van der Waals surface area contributed by atoms with Gasteiger partial charge in [-0.25, -0.2) is 14.6 Å². The third kappa shape index (κ3) is 6.03. The molecule has 1 aromatic heterocycles. The average molecular weight is 578 g/mol. The molecule has 0 aliphatic heterocycles. The molecule has 1 aliphatic carbocycles. The third-order valence-corrected chi connectivity index (χ3v) is 6.18. The van der Waals surface area contributed by atoms with Gasteiger partial charge in [0.25, 0.3) is 5.56 Å². The smallest absolute Gasteiger partial charge is 0.427 e. The van der Waals surface area contributed by atoms with Crippen LogP contribution in [0.25, 0.3) is 0 Å². The van der Waals surface area contributed by atoms with Gasteiger partial charge in [0.05, 0.1) is 12.8 Å². The van der Waals surface area contributed by atoms with Gasteiger partial charge in [0.1, 0.15) is 16.6 Å². The number of aromatic nitrogens is 2. The lowest BCUT2D eigenvalue weighted by Gasteiger charge is -2.28. The predicted molar refractivity (Wildman–Crippen MR) is 140 cm³/mol. The first-order chi connectivity index (χ1) is 17.0. The molecule has 37 heavy (non-hydrogen) atoms. The van der Waals surface area contributed by atoms with E-state index >= 15 is 0 Å². The van der Waals surface area contributed by atoms with E-state index in [9.17, 15) is 19.2 Å². The fraction of sp³-hybridized carbons (Fsp3) is 0.500. The van der Waals surface area contributed by atoms with Crippen molar-refractivity contribution in [1.82, 2.24) is 9.55 Å². The minimum atomic E-state index is -1.07. The first-order valence-corrected chi connectivity index (χ1v) is 12.5. The van der Waals surface area contributed by atoms with E-state index < -0.39 is 46.3 Å². The number of hydrogen-bond donors (Lipinski definition) is 0. The van der Waals surface area contributed by atoms with Crippen LogP contribution in [0.2, 0.25) is 0 Å². The number of nitrogens with zero attached hydrogens (tertiary/aromatic N) is 3. The first kappa shape index (κ1) is 28.4. The number of rotatable bonds is 4. The van der Waals surface area contributed by atoms with Crippen molar-refractivity contribution in [3.8, 4) is 0 Å². The Bertz CT molecular complexity index is 1260. The normalized spacial score (nSPS) is 19.1. The topological polar surface area (TPSA) is 117 Å².